The van der Waals surface area contributed by atoms with E-state index in [4.69, 9.17) is 16.6 Å². The molecule has 2 fully saturated rings. The number of carbonyl (C=O) groups is 1. The number of amides is 1. The normalized spacial score (nSPS) is 23.5. The van der Waals surface area contributed by atoms with Crippen molar-refractivity contribution in [3.63, 3.8) is 0 Å². The van der Waals surface area contributed by atoms with E-state index in [1.807, 2.05) is 0 Å². The SMILES string of the molecule is O=C1/C(=C\c2ccc(-c3ccccc3F)o2)SC(=S)N1C1CCS(=O)(=O)C1. The summed E-state index contributed by atoms with van der Waals surface area (Å²) in [6.45, 7) is 0. The van der Waals surface area contributed by atoms with Gasteiger partial charge in [-0.1, -0.05) is 36.1 Å². The Hall–Kier alpha value is -1.97. The summed E-state index contributed by atoms with van der Waals surface area (Å²) in [5, 5.41) is 0. The van der Waals surface area contributed by atoms with Crippen LogP contribution in [-0.2, 0) is 14.6 Å². The highest BCUT2D eigenvalue weighted by atomic mass is 32.2. The third-order valence-corrected chi connectivity index (χ3v) is 7.52. The molecule has 0 spiro atoms. The molecular weight excluding hydrogens is 409 g/mol. The molecule has 140 valence electrons. The number of sulfone groups is 1. The first kappa shape index (κ1) is 18.4. The smallest absolute Gasteiger partial charge is 0.266 e. The predicted octanol–water partition coefficient (Wildman–Crippen LogP) is 3.47. The molecule has 2 aliphatic rings. The number of hydrogen-bond donors (Lipinski definition) is 0. The Kier molecular flexibility index (Phi) is 4.69. The van der Waals surface area contributed by atoms with Gasteiger partial charge in [0.05, 0.1) is 28.0 Å². The van der Waals surface area contributed by atoms with E-state index in [0.717, 1.165) is 11.8 Å². The fourth-order valence-electron chi connectivity index (χ4n) is 3.14. The molecule has 1 amide bonds. The monoisotopic (exact) mass is 423 g/mol. The van der Waals surface area contributed by atoms with Crippen LogP contribution in [0.3, 0.4) is 0 Å². The molecule has 0 bridgehead atoms. The first-order valence-corrected chi connectivity index (χ1v) is 11.2. The van der Waals surface area contributed by atoms with Gasteiger partial charge in [0.1, 0.15) is 21.7 Å². The maximum atomic E-state index is 13.9. The highest BCUT2D eigenvalue weighted by molar-refractivity contribution is 8.26. The summed E-state index contributed by atoms with van der Waals surface area (Å²) in [5.41, 5.74) is 0.334. The number of thiocarbonyl (C=S) groups is 1. The quantitative estimate of drug-likeness (QED) is 0.556. The Bertz CT molecular complexity index is 1070. The predicted molar refractivity (Wildman–Crippen MR) is 106 cm³/mol. The number of benzene rings is 1. The number of nitrogens with zero attached hydrogens (tertiary/aromatic N) is 1. The average Bonchev–Trinajstić information content (AvgIpc) is 3.27. The van der Waals surface area contributed by atoms with Gasteiger partial charge in [-0.2, -0.15) is 0 Å². The molecule has 1 atom stereocenters. The van der Waals surface area contributed by atoms with Crippen LogP contribution in [0.25, 0.3) is 17.4 Å². The van der Waals surface area contributed by atoms with E-state index in [0.29, 0.717) is 32.7 Å². The third kappa shape index (κ3) is 3.59. The average molecular weight is 424 g/mol. The standard InChI is InChI=1S/C18H14FNO4S3/c19-14-4-2-1-3-13(14)15-6-5-12(24-15)9-16-17(21)20(18(25)26-16)11-7-8-27(22,23)10-11/h1-6,9,11H,7-8,10H2/b16-9+. The Morgan fingerprint density at radius 1 is 1.26 bits per heavy atom. The molecule has 2 aromatic rings. The second kappa shape index (κ2) is 6.88. The van der Waals surface area contributed by atoms with Gasteiger partial charge in [0.25, 0.3) is 5.91 Å². The molecule has 1 aromatic heterocycles. The van der Waals surface area contributed by atoms with Crippen molar-refractivity contribution in [2.75, 3.05) is 11.5 Å². The second-order valence-electron chi connectivity index (χ2n) is 6.29. The van der Waals surface area contributed by atoms with Crippen LogP contribution >= 0.6 is 24.0 Å². The van der Waals surface area contributed by atoms with Crippen LogP contribution in [0.4, 0.5) is 4.39 Å². The first-order chi connectivity index (χ1) is 12.8. The maximum absolute atomic E-state index is 13.9. The molecule has 1 aromatic carbocycles. The van der Waals surface area contributed by atoms with Gasteiger partial charge >= 0.3 is 0 Å². The van der Waals surface area contributed by atoms with Crippen LogP contribution in [0.5, 0.6) is 0 Å². The molecule has 5 nitrogen and oxygen atoms in total. The molecule has 0 saturated carbocycles. The summed E-state index contributed by atoms with van der Waals surface area (Å²) in [6.07, 6.45) is 1.94. The second-order valence-corrected chi connectivity index (χ2v) is 10.2. The van der Waals surface area contributed by atoms with Gasteiger partial charge in [-0.3, -0.25) is 9.69 Å². The van der Waals surface area contributed by atoms with Crippen molar-refractivity contribution >= 4 is 50.1 Å². The first-order valence-electron chi connectivity index (χ1n) is 8.16. The molecule has 1 unspecified atom stereocenters. The molecule has 0 radical (unpaired) electrons. The fourth-order valence-corrected chi connectivity index (χ4v) is 6.22. The number of hydrogen-bond acceptors (Lipinski definition) is 6. The van der Waals surface area contributed by atoms with Crippen LogP contribution in [0.1, 0.15) is 12.2 Å². The lowest BCUT2D eigenvalue weighted by Gasteiger charge is -2.20. The van der Waals surface area contributed by atoms with E-state index in [2.05, 4.69) is 0 Å². The molecule has 3 heterocycles. The highest BCUT2D eigenvalue weighted by Crippen LogP contribution is 2.37. The van der Waals surface area contributed by atoms with Crippen LogP contribution in [-0.4, -0.2) is 41.1 Å². The lowest BCUT2D eigenvalue weighted by Crippen LogP contribution is -2.39. The molecule has 4 rings (SSSR count). The lowest BCUT2D eigenvalue weighted by atomic mass is 10.1. The number of halogens is 1. The molecule has 2 saturated heterocycles. The van der Waals surface area contributed by atoms with E-state index < -0.39 is 21.7 Å². The van der Waals surface area contributed by atoms with Crippen molar-refractivity contribution in [1.29, 1.82) is 0 Å². The summed E-state index contributed by atoms with van der Waals surface area (Å²) >= 11 is 6.39. The zero-order valence-electron chi connectivity index (χ0n) is 13.9. The van der Waals surface area contributed by atoms with Gasteiger partial charge in [-0.25, -0.2) is 12.8 Å². The van der Waals surface area contributed by atoms with Crippen LogP contribution in [0.2, 0.25) is 0 Å². The molecule has 27 heavy (non-hydrogen) atoms. The Morgan fingerprint density at radius 3 is 2.74 bits per heavy atom. The fraction of sp³-hybridized carbons (Fsp3) is 0.222. The van der Waals surface area contributed by atoms with Crippen LogP contribution < -0.4 is 0 Å². The highest BCUT2D eigenvalue weighted by Gasteiger charge is 2.42. The van der Waals surface area contributed by atoms with Crippen LogP contribution in [0.15, 0.2) is 45.7 Å². The summed E-state index contributed by atoms with van der Waals surface area (Å²) in [7, 11) is -3.12. The molecule has 0 aliphatic carbocycles. The molecular formula is C18H14FNO4S3. The summed E-state index contributed by atoms with van der Waals surface area (Å²) in [5.74, 6) is 0.0377. The molecule has 9 heteroatoms. The molecule has 0 N–H and O–H groups in total. The summed E-state index contributed by atoms with van der Waals surface area (Å²) in [6, 6.07) is 9.12. The Balaban J connectivity index is 1.58. The number of furan rings is 1. The van der Waals surface area contributed by atoms with Crippen molar-refractivity contribution in [2.24, 2.45) is 0 Å². The zero-order valence-corrected chi connectivity index (χ0v) is 16.4. The van der Waals surface area contributed by atoms with E-state index in [1.54, 1.807) is 36.4 Å². The van der Waals surface area contributed by atoms with Gasteiger partial charge in [0.2, 0.25) is 0 Å². The minimum absolute atomic E-state index is 0.0646. The minimum atomic E-state index is -3.12. The van der Waals surface area contributed by atoms with Crippen molar-refractivity contribution in [3.8, 4) is 11.3 Å². The third-order valence-electron chi connectivity index (χ3n) is 4.44. The zero-order chi connectivity index (χ0) is 19.2. The Morgan fingerprint density at radius 2 is 2.04 bits per heavy atom. The van der Waals surface area contributed by atoms with Crippen molar-refractivity contribution < 1.29 is 22.0 Å². The van der Waals surface area contributed by atoms with E-state index >= 15 is 0 Å². The van der Waals surface area contributed by atoms with Gasteiger partial charge < -0.3 is 4.42 Å². The lowest BCUT2D eigenvalue weighted by molar-refractivity contribution is -0.123. The van der Waals surface area contributed by atoms with Gasteiger partial charge in [-0.15, -0.1) is 0 Å². The largest absolute Gasteiger partial charge is 0.457 e. The number of rotatable bonds is 3. The summed E-state index contributed by atoms with van der Waals surface area (Å²) < 4.78 is 43.3. The van der Waals surface area contributed by atoms with E-state index in [9.17, 15) is 17.6 Å². The topological polar surface area (TPSA) is 67.6 Å². The van der Waals surface area contributed by atoms with Crippen molar-refractivity contribution in [1.82, 2.24) is 4.90 Å². The number of thioether (sulfide) groups is 1. The number of carbonyl (C=O) groups excluding carboxylic acids is 1. The Labute approximate surface area is 165 Å². The van der Waals surface area contributed by atoms with Crippen molar-refractivity contribution in [2.45, 2.75) is 12.5 Å². The minimum Gasteiger partial charge on any atom is -0.457 e. The maximum Gasteiger partial charge on any atom is 0.266 e. The van der Waals surface area contributed by atoms with Gasteiger partial charge in [-0.05, 0) is 30.7 Å². The van der Waals surface area contributed by atoms with Gasteiger partial charge in [0.15, 0.2) is 9.84 Å². The molecule has 2 aliphatic heterocycles. The van der Waals surface area contributed by atoms with E-state index in [1.165, 1.54) is 11.0 Å². The van der Waals surface area contributed by atoms with E-state index in [-0.39, 0.29) is 17.4 Å². The summed E-state index contributed by atoms with van der Waals surface area (Å²) in [4.78, 5) is 14.4. The van der Waals surface area contributed by atoms with Crippen molar-refractivity contribution in [3.05, 3.63) is 52.9 Å². The van der Waals surface area contributed by atoms with Crippen LogP contribution in [0, 0.1) is 5.82 Å². The van der Waals surface area contributed by atoms with Gasteiger partial charge in [0, 0.05) is 6.08 Å².